The van der Waals surface area contributed by atoms with Gasteiger partial charge in [0.25, 0.3) is 5.91 Å². The van der Waals surface area contributed by atoms with Crippen LogP contribution in [-0.4, -0.2) is 92.7 Å². The summed E-state index contributed by atoms with van der Waals surface area (Å²) in [5.74, 6) is -10.8. The van der Waals surface area contributed by atoms with E-state index in [1.807, 2.05) is 0 Å². The number of fused-ring (bicyclic) bond motifs is 3. The molecule has 1 fully saturated rings. The van der Waals surface area contributed by atoms with Crippen molar-refractivity contribution in [3.8, 4) is 5.75 Å². The van der Waals surface area contributed by atoms with Crippen molar-refractivity contribution in [2.45, 2.75) is 30.3 Å². The van der Waals surface area contributed by atoms with Crippen molar-refractivity contribution in [3.05, 3.63) is 46.2 Å². The minimum Gasteiger partial charge on any atom is -0.508 e. The van der Waals surface area contributed by atoms with Gasteiger partial charge in [-0.3, -0.25) is 23.8 Å². The summed E-state index contributed by atoms with van der Waals surface area (Å²) in [4.78, 5) is 40.2. The summed E-state index contributed by atoms with van der Waals surface area (Å²) in [6, 6.07) is 1.84. The van der Waals surface area contributed by atoms with Crippen molar-refractivity contribution in [1.82, 2.24) is 4.90 Å². The Labute approximate surface area is 209 Å². The van der Waals surface area contributed by atoms with Gasteiger partial charge in [-0.25, -0.2) is 0 Å². The van der Waals surface area contributed by atoms with Gasteiger partial charge < -0.3 is 35.4 Å². The molecule has 0 aromatic heterocycles. The highest BCUT2D eigenvalue weighted by Crippen LogP contribution is 2.57. The van der Waals surface area contributed by atoms with Crippen molar-refractivity contribution in [3.63, 3.8) is 0 Å². The summed E-state index contributed by atoms with van der Waals surface area (Å²) in [5, 5.41) is 56.6. The quantitative estimate of drug-likeness (QED) is 0.163. The molecule has 0 heterocycles. The normalized spacial score (nSPS) is 33.7. The number of ketones is 2. The number of hydrogen-bond donors (Lipinski definition) is 7. The third-order valence-corrected chi connectivity index (χ3v) is 7.60. The lowest BCUT2D eigenvalue weighted by Gasteiger charge is -2.55. The van der Waals surface area contributed by atoms with Crippen LogP contribution in [0, 0.1) is 11.8 Å². The Morgan fingerprint density at radius 3 is 2.27 bits per heavy atom. The molecule has 0 aliphatic heterocycles. The zero-order chi connectivity index (χ0) is 28.0. The number of carbonyl (C=O) groups excluding carboxylic acids is 3. The molecule has 37 heavy (non-hydrogen) atoms. The fourth-order valence-electron chi connectivity index (χ4n) is 5.77. The molecule has 3 aliphatic carbocycles. The molecule has 200 valence electrons. The molecule has 3 aliphatic rings. The van der Waals surface area contributed by atoms with Gasteiger partial charge in [-0.2, -0.15) is 8.42 Å². The van der Waals surface area contributed by atoms with Gasteiger partial charge in [0.2, 0.25) is 5.78 Å². The summed E-state index contributed by atoms with van der Waals surface area (Å²) in [6.45, 7) is 1.13. The van der Waals surface area contributed by atoms with E-state index in [2.05, 4.69) is 4.18 Å². The highest BCUT2D eigenvalue weighted by molar-refractivity contribution is 7.81. The topological polar surface area (TPSA) is 245 Å². The van der Waals surface area contributed by atoms with Crippen LogP contribution in [0.25, 0.3) is 5.76 Å². The first-order valence-electron chi connectivity index (χ1n) is 10.7. The van der Waals surface area contributed by atoms with Crippen LogP contribution in [0.1, 0.15) is 18.1 Å². The highest BCUT2D eigenvalue weighted by Gasteiger charge is 2.70. The van der Waals surface area contributed by atoms with Crippen molar-refractivity contribution in [1.29, 1.82) is 0 Å². The Kier molecular flexibility index (Phi) is 5.83. The minimum atomic E-state index is -5.15. The minimum absolute atomic E-state index is 0.224. The standard InChI is InChI=1S/C22H24N2O12S/c1-21(31)7-5-4-6-8(36-37(33,34)35)9(7)15(25)10-12(21)17(27)13-14(24(2)3)16(26)11(20(23)30)19(29)22(13,32)18(10)28/h4-6,12-14,17,25,27,29,31-32H,1-3H3,(H2,23,30)(H,33,34,35)/t12-,13-,14+,17+,21-,22+/m1/s1. The molecule has 0 unspecified atom stereocenters. The van der Waals surface area contributed by atoms with Crippen LogP contribution >= 0.6 is 0 Å². The second-order valence-electron chi connectivity index (χ2n) is 9.55. The molecule has 6 atom stereocenters. The van der Waals surface area contributed by atoms with Crippen molar-refractivity contribution >= 4 is 33.6 Å². The van der Waals surface area contributed by atoms with Gasteiger partial charge in [0.1, 0.15) is 17.1 Å². The smallest absolute Gasteiger partial charge is 0.446 e. The maximum atomic E-state index is 13.8. The molecule has 4 rings (SSSR count). The van der Waals surface area contributed by atoms with Crippen LogP contribution in [0.2, 0.25) is 0 Å². The van der Waals surface area contributed by atoms with Gasteiger partial charge in [-0.1, -0.05) is 12.1 Å². The summed E-state index contributed by atoms with van der Waals surface area (Å²) >= 11 is 0. The summed E-state index contributed by atoms with van der Waals surface area (Å²) < 4.78 is 36.4. The number of aliphatic hydroxyl groups is 5. The van der Waals surface area contributed by atoms with Crippen molar-refractivity contribution in [2.75, 3.05) is 14.1 Å². The number of likely N-dealkylation sites (N-methyl/N-ethyl adjacent to an activating group) is 1. The lowest BCUT2D eigenvalue weighted by Crippen LogP contribution is -2.71. The van der Waals surface area contributed by atoms with Crippen LogP contribution in [0.4, 0.5) is 0 Å². The molecule has 1 amide bonds. The molecule has 1 aromatic rings. The van der Waals surface area contributed by atoms with E-state index in [1.165, 1.54) is 31.1 Å². The molecule has 0 saturated heterocycles. The van der Waals surface area contributed by atoms with Gasteiger partial charge in [0, 0.05) is 0 Å². The third kappa shape index (κ3) is 3.50. The monoisotopic (exact) mass is 540 g/mol. The fourth-order valence-corrected chi connectivity index (χ4v) is 6.13. The molecule has 14 nitrogen and oxygen atoms in total. The van der Waals surface area contributed by atoms with E-state index < -0.39 is 97.0 Å². The van der Waals surface area contributed by atoms with E-state index in [0.29, 0.717) is 0 Å². The van der Waals surface area contributed by atoms with E-state index in [-0.39, 0.29) is 5.56 Å². The van der Waals surface area contributed by atoms with Crippen LogP contribution in [0.15, 0.2) is 35.1 Å². The zero-order valence-electron chi connectivity index (χ0n) is 19.6. The zero-order valence-corrected chi connectivity index (χ0v) is 20.4. The molecule has 0 bridgehead atoms. The number of rotatable bonds is 4. The molecule has 8 N–H and O–H groups in total. The molecular weight excluding hydrogens is 516 g/mol. The average molecular weight is 541 g/mol. The predicted molar refractivity (Wildman–Crippen MR) is 122 cm³/mol. The second-order valence-corrected chi connectivity index (χ2v) is 10.6. The fraction of sp³-hybridized carbons (Fsp3) is 0.409. The molecule has 0 spiro atoms. The molecular formula is C22H24N2O12S. The molecule has 1 aromatic carbocycles. The second kappa shape index (κ2) is 8.08. The van der Waals surface area contributed by atoms with Crippen LogP contribution in [-0.2, 0) is 30.4 Å². The third-order valence-electron chi connectivity index (χ3n) is 7.21. The average Bonchev–Trinajstić information content (AvgIpc) is 2.75. The Hall–Kier alpha value is -3.34. The Bertz CT molecular complexity index is 1430. The van der Waals surface area contributed by atoms with Crippen LogP contribution in [0.5, 0.6) is 5.75 Å². The van der Waals surface area contributed by atoms with E-state index in [1.54, 1.807) is 0 Å². The first kappa shape index (κ1) is 26.7. The first-order chi connectivity index (χ1) is 16.9. The largest absolute Gasteiger partial charge is 0.508 e. The Morgan fingerprint density at radius 2 is 1.76 bits per heavy atom. The number of hydrogen-bond acceptors (Lipinski definition) is 12. The van der Waals surface area contributed by atoms with Gasteiger partial charge in [0.15, 0.2) is 17.1 Å². The van der Waals surface area contributed by atoms with Crippen LogP contribution < -0.4 is 9.92 Å². The van der Waals surface area contributed by atoms with Crippen LogP contribution in [0.3, 0.4) is 0 Å². The van der Waals surface area contributed by atoms with E-state index in [9.17, 15) is 48.3 Å². The first-order valence-corrected chi connectivity index (χ1v) is 12.1. The summed E-state index contributed by atoms with van der Waals surface area (Å²) in [6.07, 6.45) is -2.01. The van der Waals surface area contributed by atoms with Gasteiger partial charge >= 0.3 is 10.4 Å². The number of nitrogens with zero attached hydrogens (tertiary/aromatic N) is 1. The number of Topliss-reactive ketones (excluding diaryl/α,β-unsaturated/α-hetero) is 2. The molecule has 15 heteroatoms. The Morgan fingerprint density at radius 1 is 1.16 bits per heavy atom. The number of benzene rings is 1. The lowest BCUT2D eigenvalue weighted by molar-refractivity contribution is -0.181. The van der Waals surface area contributed by atoms with Crippen molar-refractivity contribution < 1.29 is 57.1 Å². The van der Waals surface area contributed by atoms with Gasteiger partial charge in [0.05, 0.1) is 40.7 Å². The number of aliphatic hydroxyl groups excluding tert-OH is 3. The van der Waals surface area contributed by atoms with E-state index in [4.69, 9.17) is 10.3 Å². The highest BCUT2D eigenvalue weighted by atomic mass is 32.3. The van der Waals surface area contributed by atoms with E-state index in [0.717, 1.165) is 13.0 Å². The maximum absolute atomic E-state index is 13.8. The van der Waals surface area contributed by atoms with Gasteiger partial charge in [-0.05, 0) is 32.6 Å². The van der Waals surface area contributed by atoms with E-state index >= 15 is 0 Å². The molecule has 1 saturated carbocycles. The SMILES string of the molecule is CN(C)[C@@H]1C(=O)C(C(N)=O)=C(O)[C@@]2(O)C(=O)C3=C(O)c4c(OS(=O)(=O)O)cccc4[C@@](C)(O)[C@H]3[C@H](O)[C@@H]12. The maximum Gasteiger partial charge on any atom is 0.446 e. The summed E-state index contributed by atoms with van der Waals surface area (Å²) in [7, 11) is -2.46. The number of amides is 1. The van der Waals surface area contributed by atoms with Gasteiger partial charge in [-0.15, -0.1) is 0 Å². The predicted octanol–water partition coefficient (Wildman–Crippen LogP) is -1.92. The number of nitrogens with two attached hydrogens (primary N) is 1. The lowest BCUT2D eigenvalue weighted by atomic mass is 9.53. The summed E-state index contributed by atoms with van der Waals surface area (Å²) in [5.41, 5.74) is -2.92. The Balaban J connectivity index is 2.10. The van der Waals surface area contributed by atoms with Crippen molar-refractivity contribution in [2.24, 2.45) is 17.6 Å². The number of primary amides is 1. The molecule has 0 radical (unpaired) electrons. The number of carbonyl (C=O) groups is 3.